The number of urea groups is 1. The summed E-state index contributed by atoms with van der Waals surface area (Å²) in [6.45, 7) is 9.25. The van der Waals surface area contributed by atoms with Crippen LogP contribution < -0.4 is 5.32 Å². The quantitative estimate of drug-likeness (QED) is 0.879. The normalized spacial score (nSPS) is 19.5. The Morgan fingerprint density at radius 1 is 1.50 bits per heavy atom. The Bertz CT molecular complexity index is 464. The van der Waals surface area contributed by atoms with E-state index in [1.807, 2.05) is 30.0 Å². The summed E-state index contributed by atoms with van der Waals surface area (Å²) in [7, 11) is 0. The van der Waals surface area contributed by atoms with Crippen LogP contribution in [0.5, 0.6) is 0 Å². The molecule has 5 nitrogen and oxygen atoms in total. The minimum Gasteiger partial charge on any atom is -0.381 e. The van der Waals surface area contributed by atoms with E-state index in [1.54, 1.807) is 6.20 Å². The Balaban J connectivity index is 1.92. The second-order valence-corrected chi connectivity index (χ2v) is 6.19. The van der Waals surface area contributed by atoms with E-state index < -0.39 is 0 Å². The van der Waals surface area contributed by atoms with E-state index >= 15 is 0 Å². The molecule has 1 aromatic rings. The van der Waals surface area contributed by atoms with E-state index in [0.717, 1.165) is 38.4 Å². The van der Waals surface area contributed by atoms with Crippen LogP contribution >= 0.6 is 0 Å². The number of carbonyl (C=O) groups is 1. The van der Waals surface area contributed by atoms with Gasteiger partial charge in [-0.05, 0) is 31.4 Å². The number of rotatable bonds is 6. The smallest absolute Gasteiger partial charge is 0.317 e. The molecule has 1 N–H and O–H groups in total. The zero-order valence-electron chi connectivity index (χ0n) is 13.8. The Hall–Kier alpha value is -1.62. The van der Waals surface area contributed by atoms with Crippen molar-refractivity contribution in [2.45, 2.75) is 33.2 Å². The molecule has 1 fully saturated rings. The fourth-order valence-electron chi connectivity index (χ4n) is 2.80. The molecule has 2 atom stereocenters. The van der Waals surface area contributed by atoms with Crippen molar-refractivity contribution in [2.24, 2.45) is 11.8 Å². The van der Waals surface area contributed by atoms with E-state index in [2.05, 4.69) is 24.1 Å². The lowest BCUT2D eigenvalue weighted by Crippen LogP contribution is -2.42. The fourth-order valence-corrected chi connectivity index (χ4v) is 2.80. The summed E-state index contributed by atoms with van der Waals surface area (Å²) in [5.74, 6) is 0.749. The van der Waals surface area contributed by atoms with Crippen LogP contribution in [0.2, 0.25) is 0 Å². The molecule has 122 valence electrons. The summed E-state index contributed by atoms with van der Waals surface area (Å²) in [5.41, 5.74) is 0.913. The summed E-state index contributed by atoms with van der Waals surface area (Å²) >= 11 is 0. The molecule has 5 heteroatoms. The van der Waals surface area contributed by atoms with Gasteiger partial charge in [-0.25, -0.2) is 4.79 Å². The number of amides is 2. The van der Waals surface area contributed by atoms with Crippen molar-refractivity contribution in [3.63, 3.8) is 0 Å². The fraction of sp³-hybridized carbons (Fsp3) is 0.647. The third kappa shape index (κ3) is 4.44. The molecule has 0 aromatic carbocycles. The number of hydrogen-bond acceptors (Lipinski definition) is 3. The van der Waals surface area contributed by atoms with Gasteiger partial charge in [0.15, 0.2) is 0 Å². The third-order valence-electron chi connectivity index (χ3n) is 4.08. The van der Waals surface area contributed by atoms with Crippen molar-refractivity contribution in [1.82, 2.24) is 15.2 Å². The number of likely N-dealkylation sites (tertiary alicyclic amines) is 1. The van der Waals surface area contributed by atoms with Crippen LogP contribution in [0.1, 0.15) is 38.9 Å². The lowest BCUT2D eigenvalue weighted by atomic mass is 10.0. The highest BCUT2D eigenvalue weighted by atomic mass is 16.5. The molecule has 2 rings (SSSR count). The van der Waals surface area contributed by atoms with Crippen LogP contribution in [-0.2, 0) is 4.74 Å². The largest absolute Gasteiger partial charge is 0.381 e. The van der Waals surface area contributed by atoms with E-state index in [1.165, 1.54) is 0 Å². The summed E-state index contributed by atoms with van der Waals surface area (Å²) in [4.78, 5) is 18.8. The van der Waals surface area contributed by atoms with Crippen LogP contribution in [0, 0.1) is 11.8 Å². The van der Waals surface area contributed by atoms with Crippen LogP contribution in [0.3, 0.4) is 0 Å². The molecule has 1 aliphatic heterocycles. The Morgan fingerprint density at radius 3 is 2.95 bits per heavy atom. The molecular formula is C17H27N3O2. The average Bonchev–Trinajstić information content (AvgIpc) is 3.00. The molecule has 0 aliphatic carbocycles. The number of aromatic nitrogens is 1. The zero-order valence-corrected chi connectivity index (χ0v) is 13.8. The van der Waals surface area contributed by atoms with Gasteiger partial charge in [0.2, 0.25) is 0 Å². The molecule has 0 radical (unpaired) electrons. The molecule has 2 amide bonds. The van der Waals surface area contributed by atoms with Gasteiger partial charge in [0.05, 0.1) is 18.3 Å². The van der Waals surface area contributed by atoms with Crippen molar-refractivity contribution in [2.75, 3.05) is 26.3 Å². The molecule has 22 heavy (non-hydrogen) atoms. The van der Waals surface area contributed by atoms with E-state index in [-0.39, 0.29) is 12.1 Å². The molecule has 0 bridgehead atoms. The van der Waals surface area contributed by atoms with Gasteiger partial charge in [0, 0.05) is 31.8 Å². The molecular weight excluding hydrogens is 278 g/mol. The Morgan fingerprint density at radius 2 is 2.32 bits per heavy atom. The Kier molecular flexibility index (Phi) is 6.19. The zero-order chi connectivity index (χ0) is 15.9. The van der Waals surface area contributed by atoms with Gasteiger partial charge in [-0.2, -0.15) is 0 Å². The minimum atomic E-state index is -0.0559. The van der Waals surface area contributed by atoms with Gasteiger partial charge in [0.1, 0.15) is 0 Å². The highest BCUT2D eigenvalue weighted by molar-refractivity contribution is 5.75. The number of nitrogens with one attached hydrogen (secondary N) is 1. The SMILES string of the molecule is CCOC[C@H]1CCN(C(=O)N[C@H](c2ccccn2)C(C)C)C1. The predicted octanol–water partition coefficient (Wildman–Crippen LogP) is 2.85. The highest BCUT2D eigenvalue weighted by Gasteiger charge is 2.28. The average molecular weight is 305 g/mol. The summed E-state index contributed by atoms with van der Waals surface area (Å²) in [5, 5.41) is 3.14. The van der Waals surface area contributed by atoms with Crippen molar-refractivity contribution in [3.05, 3.63) is 30.1 Å². The van der Waals surface area contributed by atoms with E-state index in [9.17, 15) is 4.79 Å². The van der Waals surface area contributed by atoms with Crippen molar-refractivity contribution in [3.8, 4) is 0 Å². The maximum absolute atomic E-state index is 12.5. The van der Waals surface area contributed by atoms with Crippen LogP contribution in [0.15, 0.2) is 24.4 Å². The molecule has 1 saturated heterocycles. The standard InChI is InChI=1S/C17H27N3O2/c1-4-22-12-14-8-10-20(11-14)17(21)19-16(13(2)3)15-7-5-6-9-18-15/h5-7,9,13-14,16H,4,8,10-12H2,1-3H3,(H,19,21)/t14-,16-/m0/s1. The van der Waals surface area contributed by atoms with Gasteiger partial charge in [0.25, 0.3) is 0 Å². The van der Waals surface area contributed by atoms with Gasteiger partial charge in [-0.1, -0.05) is 19.9 Å². The molecule has 0 unspecified atom stereocenters. The highest BCUT2D eigenvalue weighted by Crippen LogP contribution is 2.22. The first-order valence-electron chi connectivity index (χ1n) is 8.16. The first kappa shape index (κ1) is 16.7. The van der Waals surface area contributed by atoms with Crippen LogP contribution in [-0.4, -0.2) is 42.2 Å². The van der Waals surface area contributed by atoms with Crippen molar-refractivity contribution >= 4 is 6.03 Å². The van der Waals surface area contributed by atoms with E-state index in [0.29, 0.717) is 11.8 Å². The molecule has 0 spiro atoms. The number of ether oxygens (including phenoxy) is 1. The predicted molar refractivity (Wildman–Crippen MR) is 86.5 cm³/mol. The summed E-state index contributed by atoms with van der Waals surface area (Å²) in [6, 6.07) is 5.76. The first-order chi connectivity index (χ1) is 10.6. The first-order valence-corrected chi connectivity index (χ1v) is 8.16. The molecule has 0 saturated carbocycles. The third-order valence-corrected chi connectivity index (χ3v) is 4.08. The lowest BCUT2D eigenvalue weighted by molar-refractivity contribution is 0.113. The molecule has 2 heterocycles. The second-order valence-electron chi connectivity index (χ2n) is 6.19. The molecule has 1 aliphatic rings. The van der Waals surface area contributed by atoms with Gasteiger partial charge >= 0.3 is 6.03 Å². The van der Waals surface area contributed by atoms with Crippen molar-refractivity contribution in [1.29, 1.82) is 0 Å². The van der Waals surface area contributed by atoms with Crippen molar-refractivity contribution < 1.29 is 9.53 Å². The number of pyridine rings is 1. The Labute approximate surface area is 133 Å². The maximum atomic E-state index is 12.5. The lowest BCUT2D eigenvalue weighted by Gasteiger charge is -2.25. The number of carbonyl (C=O) groups excluding carboxylic acids is 1. The van der Waals surface area contributed by atoms with Crippen LogP contribution in [0.25, 0.3) is 0 Å². The van der Waals surface area contributed by atoms with Gasteiger partial charge in [-0.3, -0.25) is 4.98 Å². The topological polar surface area (TPSA) is 54.5 Å². The number of nitrogens with zero attached hydrogens (tertiary/aromatic N) is 2. The number of hydrogen-bond donors (Lipinski definition) is 1. The minimum absolute atomic E-state index is 0.00310. The van der Waals surface area contributed by atoms with Crippen LogP contribution in [0.4, 0.5) is 4.79 Å². The second kappa shape index (κ2) is 8.13. The monoisotopic (exact) mass is 305 g/mol. The maximum Gasteiger partial charge on any atom is 0.317 e. The van der Waals surface area contributed by atoms with Gasteiger partial charge < -0.3 is 15.0 Å². The van der Waals surface area contributed by atoms with Gasteiger partial charge in [-0.15, -0.1) is 0 Å². The van der Waals surface area contributed by atoms with E-state index in [4.69, 9.17) is 4.74 Å². The summed E-state index contributed by atoms with van der Waals surface area (Å²) in [6.07, 6.45) is 2.79. The molecule has 1 aromatic heterocycles. The summed E-state index contributed by atoms with van der Waals surface area (Å²) < 4.78 is 5.47.